The zero-order valence-corrected chi connectivity index (χ0v) is 26.2. The van der Waals surface area contributed by atoms with Crippen molar-refractivity contribution in [3.05, 3.63) is 158 Å². The highest BCUT2D eigenvalue weighted by atomic mass is 16.3. The SMILES string of the molecule is c1ccc(-n2c3ccccc3c3cc(-c4ccc5c6ccccc6n(-c6cnc7oc8c9ccccc9ccc8c7n6)c5c4)ccc32)cc1. The summed E-state index contributed by atoms with van der Waals surface area (Å²) in [5.41, 5.74) is 10.1. The summed E-state index contributed by atoms with van der Waals surface area (Å²) in [6.45, 7) is 0. The minimum absolute atomic E-state index is 0.541. The van der Waals surface area contributed by atoms with Gasteiger partial charge in [-0.25, -0.2) is 9.97 Å². The zero-order valence-electron chi connectivity index (χ0n) is 26.2. The monoisotopic (exact) mass is 626 g/mol. The smallest absolute Gasteiger partial charge is 0.246 e. The second kappa shape index (κ2) is 9.89. The molecule has 4 heterocycles. The van der Waals surface area contributed by atoms with Crippen LogP contribution in [0.3, 0.4) is 0 Å². The molecule has 0 amide bonds. The zero-order chi connectivity index (χ0) is 32.1. The number of fused-ring (bicyclic) bond motifs is 11. The van der Waals surface area contributed by atoms with Gasteiger partial charge in [-0.15, -0.1) is 0 Å². The average molecular weight is 627 g/mol. The van der Waals surface area contributed by atoms with E-state index in [2.05, 4.69) is 149 Å². The Hall–Kier alpha value is -6.72. The molecule has 0 N–H and O–H groups in total. The van der Waals surface area contributed by atoms with Gasteiger partial charge in [0.05, 0.1) is 28.3 Å². The number of nitrogens with zero attached hydrogens (tertiary/aromatic N) is 4. The molecule has 228 valence electrons. The highest BCUT2D eigenvalue weighted by Crippen LogP contribution is 2.39. The lowest BCUT2D eigenvalue weighted by atomic mass is 10.0. The Balaban J connectivity index is 1.13. The highest BCUT2D eigenvalue weighted by molar-refractivity contribution is 6.14. The van der Waals surface area contributed by atoms with Crippen LogP contribution in [-0.2, 0) is 0 Å². The number of furan rings is 1. The van der Waals surface area contributed by atoms with Crippen LogP contribution in [0.2, 0.25) is 0 Å². The maximum absolute atomic E-state index is 6.30. The predicted molar refractivity (Wildman–Crippen MR) is 201 cm³/mol. The maximum Gasteiger partial charge on any atom is 0.246 e. The molecule has 7 aromatic carbocycles. The summed E-state index contributed by atoms with van der Waals surface area (Å²) < 4.78 is 10.9. The van der Waals surface area contributed by atoms with Gasteiger partial charge in [0, 0.05) is 38.0 Å². The Morgan fingerprint density at radius 2 is 1.08 bits per heavy atom. The van der Waals surface area contributed by atoms with Crippen molar-refractivity contribution >= 4 is 76.6 Å². The number of rotatable bonds is 3. The Kier molecular flexibility index (Phi) is 5.32. The minimum Gasteiger partial charge on any atom is -0.436 e. The van der Waals surface area contributed by atoms with Crippen LogP contribution in [0.15, 0.2) is 162 Å². The van der Waals surface area contributed by atoms with Gasteiger partial charge in [-0.05, 0) is 65.0 Å². The molecule has 5 nitrogen and oxygen atoms in total. The third-order valence-electron chi connectivity index (χ3n) is 9.98. The number of aromatic nitrogens is 4. The lowest BCUT2D eigenvalue weighted by Crippen LogP contribution is -1.98. The molecule has 0 radical (unpaired) electrons. The molecule has 0 spiro atoms. The van der Waals surface area contributed by atoms with E-state index in [1.165, 1.54) is 32.6 Å². The van der Waals surface area contributed by atoms with E-state index < -0.39 is 0 Å². The molecular weight excluding hydrogens is 601 g/mol. The molecule has 0 aliphatic carbocycles. The summed E-state index contributed by atoms with van der Waals surface area (Å²) in [6, 6.07) is 53.9. The van der Waals surface area contributed by atoms with Gasteiger partial charge >= 0.3 is 0 Å². The van der Waals surface area contributed by atoms with Gasteiger partial charge in [0.2, 0.25) is 5.71 Å². The normalized spacial score (nSPS) is 12.1. The summed E-state index contributed by atoms with van der Waals surface area (Å²) in [7, 11) is 0. The molecule has 0 fully saturated rings. The van der Waals surface area contributed by atoms with Gasteiger partial charge < -0.3 is 8.98 Å². The van der Waals surface area contributed by atoms with E-state index in [1.807, 2.05) is 18.3 Å². The lowest BCUT2D eigenvalue weighted by Gasteiger charge is -2.09. The van der Waals surface area contributed by atoms with Crippen LogP contribution >= 0.6 is 0 Å². The fourth-order valence-electron chi connectivity index (χ4n) is 7.77. The van der Waals surface area contributed by atoms with Crippen LogP contribution < -0.4 is 0 Å². The third kappa shape index (κ3) is 3.75. The van der Waals surface area contributed by atoms with E-state index in [-0.39, 0.29) is 0 Å². The number of hydrogen-bond acceptors (Lipinski definition) is 3. The van der Waals surface area contributed by atoms with Crippen LogP contribution in [0.5, 0.6) is 0 Å². The average Bonchev–Trinajstić information content (AvgIpc) is 3.82. The fourth-order valence-corrected chi connectivity index (χ4v) is 7.77. The highest BCUT2D eigenvalue weighted by Gasteiger charge is 2.19. The fraction of sp³-hybridized carbons (Fsp3) is 0. The maximum atomic E-state index is 6.30. The lowest BCUT2D eigenvalue weighted by molar-refractivity contribution is 0.656. The molecule has 0 aliphatic heterocycles. The molecule has 0 saturated carbocycles. The first kappa shape index (κ1) is 26.4. The molecular formula is C44H26N4O. The van der Waals surface area contributed by atoms with Gasteiger partial charge in [-0.2, -0.15) is 0 Å². The van der Waals surface area contributed by atoms with Crippen LogP contribution in [0.4, 0.5) is 0 Å². The van der Waals surface area contributed by atoms with Gasteiger partial charge in [0.1, 0.15) is 11.1 Å². The van der Waals surface area contributed by atoms with E-state index in [1.54, 1.807) is 0 Å². The number of para-hydroxylation sites is 3. The van der Waals surface area contributed by atoms with Crippen molar-refractivity contribution in [3.8, 4) is 22.6 Å². The number of benzene rings is 7. The predicted octanol–water partition coefficient (Wildman–Crippen LogP) is 11.4. The summed E-state index contributed by atoms with van der Waals surface area (Å²) in [5.74, 6) is 0.757. The molecule has 49 heavy (non-hydrogen) atoms. The van der Waals surface area contributed by atoms with Crippen LogP contribution in [-0.4, -0.2) is 19.1 Å². The van der Waals surface area contributed by atoms with Crippen molar-refractivity contribution in [2.75, 3.05) is 0 Å². The van der Waals surface area contributed by atoms with Crippen molar-refractivity contribution in [1.82, 2.24) is 19.1 Å². The van der Waals surface area contributed by atoms with Gasteiger partial charge in [0.15, 0.2) is 5.82 Å². The van der Waals surface area contributed by atoms with E-state index in [0.29, 0.717) is 5.71 Å². The molecule has 5 heteroatoms. The standard InChI is InChI=1S/C44H26N4O/c1-2-11-30(12-3-1)47-37-16-8-7-15-33(37)36-24-28(20-23-39(36)47)29-19-21-34-32-14-6-9-17-38(32)48(40(34)25-29)41-26-45-44-42(46-41)35-22-18-27-10-4-5-13-31(27)43(35)49-44/h1-26H. The van der Waals surface area contributed by atoms with E-state index >= 15 is 0 Å². The molecule has 0 atom stereocenters. The Labute approximate surface area is 279 Å². The van der Waals surface area contributed by atoms with Crippen molar-refractivity contribution in [2.45, 2.75) is 0 Å². The molecule has 11 rings (SSSR count). The third-order valence-corrected chi connectivity index (χ3v) is 9.98. The van der Waals surface area contributed by atoms with Crippen molar-refractivity contribution in [2.24, 2.45) is 0 Å². The molecule has 0 unspecified atom stereocenters. The van der Waals surface area contributed by atoms with Gasteiger partial charge in [-0.3, -0.25) is 4.57 Å². The van der Waals surface area contributed by atoms with E-state index in [4.69, 9.17) is 14.4 Å². The van der Waals surface area contributed by atoms with E-state index in [9.17, 15) is 0 Å². The second-order valence-electron chi connectivity index (χ2n) is 12.7. The minimum atomic E-state index is 0.541. The number of hydrogen-bond donors (Lipinski definition) is 0. The summed E-state index contributed by atoms with van der Waals surface area (Å²) in [5, 5.41) is 7.98. The van der Waals surface area contributed by atoms with Crippen molar-refractivity contribution < 1.29 is 4.42 Å². The Morgan fingerprint density at radius 3 is 1.94 bits per heavy atom. The van der Waals surface area contributed by atoms with Gasteiger partial charge in [0.25, 0.3) is 0 Å². The summed E-state index contributed by atoms with van der Waals surface area (Å²) >= 11 is 0. The van der Waals surface area contributed by atoms with Gasteiger partial charge in [-0.1, -0.05) is 103 Å². The molecule has 0 bridgehead atoms. The summed E-state index contributed by atoms with van der Waals surface area (Å²) in [6.07, 6.45) is 1.83. The Bertz CT molecular complexity index is 3110. The molecule has 0 saturated heterocycles. The molecule has 4 aromatic heterocycles. The molecule has 11 aromatic rings. The first-order chi connectivity index (χ1) is 24.3. The first-order valence-electron chi connectivity index (χ1n) is 16.5. The van der Waals surface area contributed by atoms with Crippen LogP contribution in [0, 0.1) is 0 Å². The van der Waals surface area contributed by atoms with Crippen LogP contribution in [0.1, 0.15) is 0 Å². The van der Waals surface area contributed by atoms with Crippen LogP contribution in [0.25, 0.3) is 99.2 Å². The first-order valence-corrected chi connectivity index (χ1v) is 16.5. The quantitative estimate of drug-likeness (QED) is 0.196. The van der Waals surface area contributed by atoms with E-state index in [0.717, 1.165) is 60.9 Å². The second-order valence-corrected chi connectivity index (χ2v) is 12.7. The summed E-state index contributed by atoms with van der Waals surface area (Å²) in [4.78, 5) is 10.0. The largest absolute Gasteiger partial charge is 0.436 e. The topological polar surface area (TPSA) is 48.8 Å². The van der Waals surface area contributed by atoms with Crippen molar-refractivity contribution in [1.29, 1.82) is 0 Å². The Morgan fingerprint density at radius 1 is 0.449 bits per heavy atom. The molecule has 0 aliphatic rings. The van der Waals surface area contributed by atoms with Crippen molar-refractivity contribution in [3.63, 3.8) is 0 Å².